The van der Waals surface area contributed by atoms with E-state index in [4.69, 9.17) is 21.3 Å². The van der Waals surface area contributed by atoms with Gasteiger partial charge in [-0.2, -0.15) is 9.97 Å². The lowest BCUT2D eigenvalue weighted by Gasteiger charge is -2.35. The van der Waals surface area contributed by atoms with Gasteiger partial charge in [-0.1, -0.05) is 35.9 Å². The van der Waals surface area contributed by atoms with Gasteiger partial charge in [0.15, 0.2) is 5.82 Å². The highest BCUT2D eigenvalue weighted by atomic mass is 35.5. The van der Waals surface area contributed by atoms with Crippen LogP contribution in [0.2, 0.25) is 5.02 Å². The Morgan fingerprint density at radius 1 is 1.16 bits per heavy atom. The Balaban J connectivity index is 1.51. The first-order valence-corrected chi connectivity index (χ1v) is 13.3. The van der Waals surface area contributed by atoms with Crippen molar-refractivity contribution in [3.8, 4) is 17.3 Å². The lowest BCUT2D eigenvalue weighted by Crippen LogP contribution is -2.50. The fourth-order valence-corrected chi connectivity index (χ4v) is 5.79. The minimum atomic E-state index is -0.621. The number of halogens is 3. The number of piperazine rings is 1. The van der Waals surface area contributed by atoms with E-state index < -0.39 is 11.6 Å². The third-order valence-electron chi connectivity index (χ3n) is 7.68. The predicted molar refractivity (Wildman–Crippen MR) is 146 cm³/mol. The normalized spacial score (nSPS) is 20.5. The molecule has 2 saturated heterocycles. The molecule has 2 aliphatic heterocycles. The van der Waals surface area contributed by atoms with Gasteiger partial charge in [-0.05, 0) is 44.8 Å². The molecule has 0 radical (unpaired) electrons. The van der Waals surface area contributed by atoms with Crippen LogP contribution in [0.15, 0.2) is 36.5 Å². The first-order chi connectivity index (χ1) is 18.4. The molecule has 6 rings (SSSR count). The monoisotopic (exact) mass is 538 g/mol. The van der Waals surface area contributed by atoms with Crippen molar-refractivity contribution >= 4 is 39.1 Å². The number of aromatic nitrogens is 3. The molecule has 2 atom stereocenters. The molecule has 2 aliphatic rings. The average molecular weight is 539 g/mol. The predicted octanol–water partition coefficient (Wildman–Crippen LogP) is 5.05. The van der Waals surface area contributed by atoms with Gasteiger partial charge < -0.3 is 19.9 Å². The van der Waals surface area contributed by atoms with Crippen molar-refractivity contribution < 1.29 is 13.5 Å². The Kier molecular flexibility index (Phi) is 6.75. The van der Waals surface area contributed by atoms with Gasteiger partial charge >= 0.3 is 6.01 Å². The quantitative estimate of drug-likeness (QED) is 0.381. The SMILES string of the molecule is CC1CNCCN1c1nc(OCC2CCCN2C)nc2c(F)c(-c3cccc4ccc(F)c(Cl)c34)ncc12. The number of likely N-dealkylation sites (N-methyl/N-ethyl adjacent to an activating group) is 1. The second kappa shape index (κ2) is 10.2. The second-order valence-corrected chi connectivity index (χ2v) is 10.5. The number of nitrogens with zero attached hydrogens (tertiary/aromatic N) is 5. The minimum absolute atomic E-state index is 0.0510. The number of benzene rings is 2. The van der Waals surface area contributed by atoms with E-state index in [9.17, 15) is 4.39 Å². The maximum atomic E-state index is 16.4. The lowest BCUT2D eigenvalue weighted by molar-refractivity contribution is 0.188. The maximum absolute atomic E-state index is 16.4. The highest BCUT2D eigenvalue weighted by Crippen LogP contribution is 2.38. The van der Waals surface area contributed by atoms with Crippen LogP contribution < -0.4 is 15.0 Å². The van der Waals surface area contributed by atoms with E-state index >= 15 is 4.39 Å². The summed E-state index contributed by atoms with van der Waals surface area (Å²) in [6, 6.07) is 8.74. The molecule has 7 nitrogen and oxygen atoms in total. The van der Waals surface area contributed by atoms with Crippen LogP contribution in [-0.4, -0.2) is 71.8 Å². The van der Waals surface area contributed by atoms with Crippen LogP contribution in [0.4, 0.5) is 14.6 Å². The number of likely N-dealkylation sites (tertiary alicyclic amines) is 1. The van der Waals surface area contributed by atoms with E-state index in [1.54, 1.807) is 30.5 Å². The van der Waals surface area contributed by atoms with Crippen molar-refractivity contribution in [2.24, 2.45) is 0 Å². The van der Waals surface area contributed by atoms with E-state index in [0.717, 1.165) is 32.5 Å². The molecule has 0 aliphatic carbocycles. The molecule has 2 aromatic carbocycles. The molecule has 2 unspecified atom stereocenters. The molecule has 2 fully saturated rings. The Hall–Kier alpha value is -3.14. The van der Waals surface area contributed by atoms with Gasteiger partial charge in [0.05, 0.1) is 10.4 Å². The molecular formula is C28H29ClF2N6O. The van der Waals surface area contributed by atoms with Crippen LogP contribution in [-0.2, 0) is 0 Å². The maximum Gasteiger partial charge on any atom is 0.319 e. The van der Waals surface area contributed by atoms with Gasteiger partial charge in [0.25, 0.3) is 0 Å². The Morgan fingerprint density at radius 3 is 2.82 bits per heavy atom. The van der Waals surface area contributed by atoms with Gasteiger partial charge in [-0.25, -0.2) is 8.78 Å². The highest BCUT2D eigenvalue weighted by Gasteiger charge is 2.27. The van der Waals surface area contributed by atoms with Crippen molar-refractivity contribution in [2.75, 3.05) is 44.7 Å². The topological polar surface area (TPSA) is 66.4 Å². The number of ether oxygens (including phenoxy) is 1. The number of anilines is 1. The van der Waals surface area contributed by atoms with Gasteiger partial charge in [-0.3, -0.25) is 4.98 Å². The van der Waals surface area contributed by atoms with E-state index in [2.05, 4.69) is 39.1 Å². The molecule has 10 heteroatoms. The van der Waals surface area contributed by atoms with Gasteiger partial charge in [0, 0.05) is 48.9 Å². The standard InChI is InChI=1S/C28H29ClF2N6O/c1-16-13-32-10-12-37(16)27-20-14-33-25(19-7-3-5-17-8-9-21(30)23(29)22(17)19)24(31)26(20)34-28(35-27)38-15-18-6-4-11-36(18)2/h3,5,7-9,14,16,18,32H,4,6,10-13,15H2,1-2H3. The lowest BCUT2D eigenvalue weighted by atomic mass is 10.0. The summed E-state index contributed by atoms with van der Waals surface area (Å²) in [4.78, 5) is 18.2. The zero-order valence-electron chi connectivity index (χ0n) is 21.3. The molecule has 4 aromatic rings. The molecule has 0 bridgehead atoms. The molecule has 2 aromatic heterocycles. The molecule has 0 saturated carbocycles. The third-order valence-corrected chi connectivity index (χ3v) is 8.05. The largest absolute Gasteiger partial charge is 0.462 e. The Labute approximate surface area is 224 Å². The summed E-state index contributed by atoms with van der Waals surface area (Å²) >= 11 is 6.35. The van der Waals surface area contributed by atoms with E-state index in [1.165, 1.54) is 6.07 Å². The highest BCUT2D eigenvalue weighted by molar-refractivity contribution is 6.36. The molecule has 198 valence electrons. The molecule has 1 N–H and O–H groups in total. The Morgan fingerprint density at radius 2 is 2.03 bits per heavy atom. The van der Waals surface area contributed by atoms with Gasteiger partial charge in [-0.15, -0.1) is 0 Å². The van der Waals surface area contributed by atoms with Crippen LogP contribution in [0, 0.1) is 11.6 Å². The third kappa shape index (κ3) is 4.42. The summed E-state index contributed by atoms with van der Waals surface area (Å²) in [6.07, 6.45) is 3.75. The first kappa shape index (κ1) is 25.2. The van der Waals surface area contributed by atoms with Crippen molar-refractivity contribution in [1.82, 2.24) is 25.2 Å². The van der Waals surface area contributed by atoms with E-state index in [0.29, 0.717) is 40.7 Å². The van der Waals surface area contributed by atoms with Crippen molar-refractivity contribution in [3.05, 3.63) is 53.2 Å². The summed E-state index contributed by atoms with van der Waals surface area (Å²) in [5.41, 5.74) is 0.567. The fraction of sp³-hybridized carbons (Fsp3) is 0.393. The van der Waals surface area contributed by atoms with Crippen LogP contribution in [0.1, 0.15) is 19.8 Å². The summed E-state index contributed by atoms with van der Waals surface area (Å²) in [7, 11) is 2.08. The number of hydrogen-bond donors (Lipinski definition) is 1. The summed E-state index contributed by atoms with van der Waals surface area (Å²) in [5, 5.41) is 4.91. The fourth-order valence-electron chi connectivity index (χ4n) is 5.52. The van der Waals surface area contributed by atoms with Crippen molar-refractivity contribution in [1.29, 1.82) is 0 Å². The van der Waals surface area contributed by atoms with Gasteiger partial charge in [0.2, 0.25) is 0 Å². The zero-order chi connectivity index (χ0) is 26.4. The molecule has 0 amide bonds. The smallest absolute Gasteiger partial charge is 0.319 e. The minimum Gasteiger partial charge on any atom is -0.462 e. The van der Waals surface area contributed by atoms with Crippen molar-refractivity contribution in [2.45, 2.75) is 31.8 Å². The molecule has 4 heterocycles. The molecular weight excluding hydrogens is 510 g/mol. The van der Waals surface area contributed by atoms with E-state index in [-0.39, 0.29) is 34.3 Å². The van der Waals surface area contributed by atoms with Crippen LogP contribution >= 0.6 is 11.6 Å². The number of nitrogens with one attached hydrogen (secondary N) is 1. The van der Waals surface area contributed by atoms with Crippen molar-refractivity contribution in [3.63, 3.8) is 0 Å². The first-order valence-electron chi connectivity index (χ1n) is 13.0. The second-order valence-electron chi connectivity index (χ2n) is 10.1. The Bertz CT molecular complexity index is 1520. The van der Waals surface area contributed by atoms with E-state index in [1.807, 2.05) is 0 Å². The van der Waals surface area contributed by atoms with Gasteiger partial charge in [0.1, 0.15) is 29.5 Å². The molecule has 0 spiro atoms. The number of pyridine rings is 1. The number of hydrogen-bond acceptors (Lipinski definition) is 7. The van der Waals surface area contributed by atoms with Crippen LogP contribution in [0.3, 0.4) is 0 Å². The zero-order valence-corrected chi connectivity index (χ0v) is 22.1. The number of rotatable bonds is 5. The summed E-state index contributed by atoms with van der Waals surface area (Å²) in [5.74, 6) is -0.596. The van der Waals surface area contributed by atoms with Crippen LogP contribution in [0.25, 0.3) is 32.9 Å². The average Bonchev–Trinajstić information content (AvgIpc) is 3.34. The number of fused-ring (bicyclic) bond motifs is 2. The summed E-state index contributed by atoms with van der Waals surface area (Å²) < 4.78 is 36.8. The summed E-state index contributed by atoms with van der Waals surface area (Å²) in [6.45, 7) is 5.82. The molecule has 38 heavy (non-hydrogen) atoms. The van der Waals surface area contributed by atoms with Crippen LogP contribution in [0.5, 0.6) is 6.01 Å².